The summed E-state index contributed by atoms with van der Waals surface area (Å²) in [6.45, 7) is 0.985. The number of hydrogen-bond acceptors (Lipinski definition) is 4. The van der Waals surface area contributed by atoms with E-state index in [1.54, 1.807) is 6.08 Å². The number of cyclic esters (lactones) is 1. The van der Waals surface area contributed by atoms with E-state index in [1.165, 1.54) is 19.3 Å². The van der Waals surface area contributed by atoms with Crippen LogP contribution in [-0.4, -0.2) is 37.0 Å². The fraction of sp³-hybridized carbons (Fsp3) is 0.526. The maximum Gasteiger partial charge on any atom is 0.331 e. The van der Waals surface area contributed by atoms with Gasteiger partial charge in [-0.2, -0.15) is 0 Å². The quantitative estimate of drug-likeness (QED) is 0.619. The number of carbonyl (C=O) groups excluding carboxylic acids is 1. The molecule has 0 amide bonds. The van der Waals surface area contributed by atoms with Crippen LogP contribution in [0.5, 0.6) is 0 Å². The lowest BCUT2D eigenvalue weighted by molar-refractivity contribution is -0.140. The molecule has 2 atom stereocenters. The van der Waals surface area contributed by atoms with Crippen LogP contribution in [0.2, 0.25) is 0 Å². The summed E-state index contributed by atoms with van der Waals surface area (Å²) >= 11 is 0. The van der Waals surface area contributed by atoms with Gasteiger partial charge in [-0.25, -0.2) is 4.79 Å². The van der Waals surface area contributed by atoms with E-state index in [0.717, 1.165) is 24.0 Å². The minimum Gasteiger partial charge on any atom is -0.452 e. The van der Waals surface area contributed by atoms with E-state index >= 15 is 0 Å². The van der Waals surface area contributed by atoms with Gasteiger partial charge < -0.3 is 14.2 Å². The standard InChI is InChI=1S/C19H22O4/c20-18-11-15(14-7-3-1-4-8-14)16(22-18)12-21-13-17-19(23-17)9-5-2-6-10-19/h1,3-4,7-8,11,16-17H,2,5-6,9-10,12-13H2. The number of hydrogen-bond donors (Lipinski definition) is 0. The number of ether oxygens (including phenoxy) is 3. The predicted molar refractivity (Wildman–Crippen MR) is 85.8 cm³/mol. The highest BCUT2D eigenvalue weighted by Gasteiger charge is 2.56. The van der Waals surface area contributed by atoms with Crippen LogP contribution < -0.4 is 0 Å². The molecule has 1 aromatic carbocycles. The summed E-state index contributed by atoms with van der Waals surface area (Å²) < 4.78 is 17.1. The largest absolute Gasteiger partial charge is 0.452 e. The van der Waals surface area contributed by atoms with Gasteiger partial charge in [-0.1, -0.05) is 49.6 Å². The van der Waals surface area contributed by atoms with E-state index in [1.807, 2.05) is 30.3 Å². The third kappa shape index (κ3) is 3.06. The van der Waals surface area contributed by atoms with Gasteiger partial charge in [0.05, 0.1) is 18.8 Å². The summed E-state index contributed by atoms with van der Waals surface area (Å²) in [7, 11) is 0. The summed E-state index contributed by atoms with van der Waals surface area (Å²) in [4.78, 5) is 11.6. The first kappa shape index (κ1) is 14.9. The molecule has 1 saturated heterocycles. The van der Waals surface area contributed by atoms with Gasteiger partial charge in [-0.05, 0) is 18.4 Å². The second-order valence-electron chi connectivity index (χ2n) is 6.66. The van der Waals surface area contributed by atoms with Crippen molar-refractivity contribution >= 4 is 11.5 Å². The van der Waals surface area contributed by atoms with Gasteiger partial charge in [0.15, 0.2) is 6.10 Å². The Balaban J connectivity index is 1.31. The fourth-order valence-electron chi connectivity index (χ4n) is 3.79. The number of epoxide rings is 1. The van der Waals surface area contributed by atoms with E-state index in [2.05, 4.69) is 0 Å². The molecule has 2 unspecified atom stereocenters. The van der Waals surface area contributed by atoms with Gasteiger partial charge in [-0.3, -0.25) is 0 Å². The SMILES string of the molecule is O=C1C=C(c2ccccc2)C(COCC2OC23CCCCC3)O1. The smallest absolute Gasteiger partial charge is 0.331 e. The van der Waals surface area contributed by atoms with Crippen molar-refractivity contribution in [3.8, 4) is 0 Å². The van der Waals surface area contributed by atoms with Crippen LogP contribution in [0, 0.1) is 0 Å². The molecule has 4 heteroatoms. The minimum absolute atomic E-state index is 0.0999. The summed E-state index contributed by atoms with van der Waals surface area (Å²) in [5.41, 5.74) is 2.01. The molecule has 0 aromatic heterocycles. The molecule has 0 N–H and O–H groups in total. The van der Waals surface area contributed by atoms with Crippen molar-refractivity contribution in [2.24, 2.45) is 0 Å². The lowest BCUT2D eigenvalue weighted by Gasteiger charge is -2.18. The zero-order valence-corrected chi connectivity index (χ0v) is 13.2. The molecule has 4 rings (SSSR count). The molecule has 1 saturated carbocycles. The van der Waals surface area contributed by atoms with Crippen molar-refractivity contribution in [1.82, 2.24) is 0 Å². The van der Waals surface area contributed by atoms with Crippen molar-refractivity contribution in [2.75, 3.05) is 13.2 Å². The van der Waals surface area contributed by atoms with Crippen molar-refractivity contribution in [1.29, 1.82) is 0 Å². The third-order valence-electron chi connectivity index (χ3n) is 5.13. The predicted octanol–water partition coefficient (Wildman–Crippen LogP) is 3.11. The fourth-order valence-corrected chi connectivity index (χ4v) is 3.79. The molecule has 23 heavy (non-hydrogen) atoms. The van der Waals surface area contributed by atoms with Crippen molar-refractivity contribution in [3.05, 3.63) is 42.0 Å². The van der Waals surface area contributed by atoms with Gasteiger partial charge >= 0.3 is 5.97 Å². The van der Waals surface area contributed by atoms with Gasteiger partial charge in [0.2, 0.25) is 0 Å². The van der Waals surface area contributed by atoms with Crippen LogP contribution in [0.25, 0.3) is 5.57 Å². The molecule has 2 aliphatic heterocycles. The Bertz CT molecular complexity index is 601. The highest BCUT2D eigenvalue weighted by Crippen LogP contribution is 2.48. The molecule has 1 spiro atoms. The summed E-state index contributed by atoms with van der Waals surface area (Å²) in [5.74, 6) is -0.288. The first-order valence-electron chi connectivity index (χ1n) is 8.50. The van der Waals surface area contributed by atoms with Crippen molar-refractivity contribution < 1.29 is 19.0 Å². The molecular weight excluding hydrogens is 292 g/mol. The van der Waals surface area contributed by atoms with Gasteiger partial charge in [0.1, 0.15) is 6.10 Å². The van der Waals surface area contributed by atoms with Crippen LogP contribution >= 0.6 is 0 Å². The summed E-state index contributed by atoms with van der Waals surface area (Å²) in [6, 6.07) is 9.86. The Morgan fingerprint density at radius 2 is 1.87 bits per heavy atom. The number of esters is 1. The molecule has 0 bridgehead atoms. The molecule has 0 radical (unpaired) electrons. The van der Waals surface area contributed by atoms with Gasteiger partial charge in [0, 0.05) is 11.6 Å². The Hall–Kier alpha value is -1.65. The van der Waals surface area contributed by atoms with E-state index in [9.17, 15) is 4.79 Å². The number of rotatable bonds is 5. The number of carbonyl (C=O) groups is 1. The molecule has 2 heterocycles. The van der Waals surface area contributed by atoms with Crippen LogP contribution in [0.1, 0.15) is 37.7 Å². The normalized spacial score (nSPS) is 28.5. The molecule has 122 valence electrons. The van der Waals surface area contributed by atoms with Crippen molar-refractivity contribution in [2.45, 2.75) is 49.9 Å². The Labute approximate surface area is 136 Å². The first-order valence-corrected chi connectivity index (χ1v) is 8.50. The second kappa shape index (κ2) is 6.10. The monoisotopic (exact) mass is 314 g/mol. The average Bonchev–Trinajstić information content (AvgIpc) is 3.08. The van der Waals surface area contributed by atoms with Crippen LogP contribution in [0.4, 0.5) is 0 Å². The molecule has 4 nitrogen and oxygen atoms in total. The van der Waals surface area contributed by atoms with Crippen LogP contribution in [-0.2, 0) is 19.0 Å². The zero-order valence-electron chi connectivity index (χ0n) is 13.2. The lowest BCUT2D eigenvalue weighted by atomic mass is 9.86. The molecular formula is C19H22O4. The molecule has 2 fully saturated rings. The van der Waals surface area contributed by atoms with Gasteiger partial charge in [-0.15, -0.1) is 0 Å². The summed E-state index contributed by atoms with van der Waals surface area (Å²) in [5, 5.41) is 0. The van der Waals surface area contributed by atoms with E-state index < -0.39 is 0 Å². The lowest BCUT2D eigenvalue weighted by Crippen LogP contribution is -2.24. The topological polar surface area (TPSA) is 48.1 Å². The minimum atomic E-state index is -0.314. The van der Waals surface area contributed by atoms with E-state index in [-0.39, 0.29) is 23.8 Å². The zero-order chi connectivity index (χ0) is 15.7. The van der Waals surface area contributed by atoms with Crippen LogP contribution in [0.3, 0.4) is 0 Å². The summed E-state index contributed by atoms with van der Waals surface area (Å²) in [6.07, 6.45) is 7.65. The highest BCUT2D eigenvalue weighted by atomic mass is 16.6. The maximum absolute atomic E-state index is 11.6. The Morgan fingerprint density at radius 3 is 2.65 bits per heavy atom. The maximum atomic E-state index is 11.6. The number of benzene rings is 1. The molecule has 3 aliphatic rings. The second-order valence-corrected chi connectivity index (χ2v) is 6.66. The van der Waals surface area contributed by atoms with E-state index in [0.29, 0.717) is 13.2 Å². The van der Waals surface area contributed by atoms with Gasteiger partial charge in [0.25, 0.3) is 0 Å². The third-order valence-corrected chi connectivity index (χ3v) is 5.13. The van der Waals surface area contributed by atoms with Crippen LogP contribution in [0.15, 0.2) is 36.4 Å². The molecule has 1 aliphatic carbocycles. The first-order chi connectivity index (χ1) is 11.3. The molecule has 1 aromatic rings. The van der Waals surface area contributed by atoms with Crippen molar-refractivity contribution in [3.63, 3.8) is 0 Å². The Morgan fingerprint density at radius 1 is 1.09 bits per heavy atom. The average molecular weight is 314 g/mol. The highest BCUT2D eigenvalue weighted by molar-refractivity contribution is 5.97. The van der Waals surface area contributed by atoms with E-state index in [4.69, 9.17) is 14.2 Å². The Kier molecular flexibility index (Phi) is 3.95.